The van der Waals surface area contributed by atoms with Crippen molar-refractivity contribution in [1.29, 1.82) is 0 Å². The van der Waals surface area contributed by atoms with Crippen molar-refractivity contribution < 1.29 is 9.90 Å². The third kappa shape index (κ3) is 2.16. The van der Waals surface area contributed by atoms with Crippen LogP contribution in [0.4, 0.5) is 0 Å². The lowest BCUT2D eigenvalue weighted by molar-refractivity contribution is -0.122. The molecule has 0 radical (unpaired) electrons. The zero-order valence-corrected chi connectivity index (χ0v) is 7.05. The zero-order chi connectivity index (χ0) is 9.68. The quantitative estimate of drug-likeness (QED) is 0.589. The van der Waals surface area contributed by atoms with Gasteiger partial charge in [-0.3, -0.25) is 4.79 Å². The highest BCUT2D eigenvalue weighted by atomic mass is 16.3. The first-order valence-electron chi connectivity index (χ1n) is 3.90. The minimum Gasteiger partial charge on any atom is -0.483 e. The Kier molecular flexibility index (Phi) is 3.23. The first-order valence-corrected chi connectivity index (χ1v) is 3.90. The van der Waals surface area contributed by atoms with Crippen molar-refractivity contribution in [3.05, 3.63) is 41.5 Å². The summed E-state index contributed by atoms with van der Waals surface area (Å²) in [7, 11) is 0. The molecule has 1 aromatic rings. The number of hydrogen-bond donors (Lipinski definition) is 2. The highest BCUT2D eigenvalue weighted by Crippen LogP contribution is 2.24. The summed E-state index contributed by atoms with van der Waals surface area (Å²) < 4.78 is 0. The molecule has 3 nitrogen and oxygen atoms in total. The third-order valence-corrected chi connectivity index (χ3v) is 1.84. The Labute approximate surface area is 76.5 Å². The van der Waals surface area contributed by atoms with E-state index in [4.69, 9.17) is 15.6 Å². The molecule has 0 heterocycles. The van der Waals surface area contributed by atoms with Gasteiger partial charge in [-0.1, -0.05) is 36.4 Å². The van der Waals surface area contributed by atoms with E-state index < -0.39 is 0 Å². The standard InChI is InChI=1S/C9H9N.CH2O2/c10-9-6-5-7-3-1-2-4-8(7)9;2-1-3/h1-6,9H,10H2;1H,(H,2,3). The van der Waals surface area contributed by atoms with E-state index >= 15 is 0 Å². The van der Waals surface area contributed by atoms with Gasteiger partial charge in [-0.25, -0.2) is 0 Å². The van der Waals surface area contributed by atoms with Crippen molar-refractivity contribution in [2.45, 2.75) is 6.04 Å². The molecule has 3 N–H and O–H groups in total. The molecule has 0 aliphatic heterocycles. The van der Waals surface area contributed by atoms with Crippen LogP contribution in [0.25, 0.3) is 6.08 Å². The van der Waals surface area contributed by atoms with Crippen LogP contribution in [-0.4, -0.2) is 11.6 Å². The van der Waals surface area contributed by atoms with Crippen LogP contribution in [0.5, 0.6) is 0 Å². The van der Waals surface area contributed by atoms with E-state index in [9.17, 15) is 0 Å². The van der Waals surface area contributed by atoms with Gasteiger partial charge in [-0.05, 0) is 11.1 Å². The van der Waals surface area contributed by atoms with Gasteiger partial charge in [-0.2, -0.15) is 0 Å². The molecule has 1 unspecified atom stereocenters. The summed E-state index contributed by atoms with van der Waals surface area (Å²) in [5, 5.41) is 6.89. The van der Waals surface area contributed by atoms with Gasteiger partial charge < -0.3 is 10.8 Å². The van der Waals surface area contributed by atoms with Gasteiger partial charge in [0.25, 0.3) is 6.47 Å². The average molecular weight is 177 g/mol. The van der Waals surface area contributed by atoms with Crippen LogP contribution < -0.4 is 5.73 Å². The first kappa shape index (κ1) is 9.48. The molecular weight excluding hydrogens is 166 g/mol. The topological polar surface area (TPSA) is 63.3 Å². The maximum absolute atomic E-state index is 8.36. The molecule has 1 atom stereocenters. The minimum atomic E-state index is -0.250. The van der Waals surface area contributed by atoms with E-state index in [1.165, 1.54) is 11.1 Å². The second kappa shape index (κ2) is 4.42. The summed E-state index contributed by atoms with van der Waals surface area (Å²) in [5.74, 6) is 0. The van der Waals surface area contributed by atoms with Crippen molar-refractivity contribution >= 4 is 12.5 Å². The van der Waals surface area contributed by atoms with Gasteiger partial charge >= 0.3 is 0 Å². The van der Waals surface area contributed by atoms with Crippen LogP contribution in [0.3, 0.4) is 0 Å². The summed E-state index contributed by atoms with van der Waals surface area (Å²) in [6.07, 6.45) is 4.09. The van der Waals surface area contributed by atoms with E-state index in [1.807, 2.05) is 18.2 Å². The fourth-order valence-corrected chi connectivity index (χ4v) is 1.28. The molecule has 0 fully saturated rings. The molecule has 0 saturated heterocycles. The van der Waals surface area contributed by atoms with Crippen molar-refractivity contribution in [2.24, 2.45) is 5.73 Å². The van der Waals surface area contributed by atoms with E-state index in [-0.39, 0.29) is 12.5 Å². The number of benzene rings is 1. The fourth-order valence-electron chi connectivity index (χ4n) is 1.28. The molecule has 0 saturated carbocycles. The zero-order valence-electron chi connectivity index (χ0n) is 7.05. The molecule has 1 aromatic carbocycles. The van der Waals surface area contributed by atoms with Gasteiger partial charge in [0.05, 0.1) is 0 Å². The number of fused-ring (bicyclic) bond motifs is 1. The Morgan fingerprint density at radius 2 is 2.00 bits per heavy atom. The molecule has 1 aliphatic carbocycles. The van der Waals surface area contributed by atoms with Gasteiger partial charge in [0, 0.05) is 6.04 Å². The summed E-state index contributed by atoms with van der Waals surface area (Å²) in [6.45, 7) is -0.250. The number of carbonyl (C=O) groups is 1. The first-order chi connectivity index (χ1) is 6.29. The molecule has 0 amide bonds. The highest BCUT2D eigenvalue weighted by molar-refractivity contribution is 5.61. The van der Waals surface area contributed by atoms with Crippen molar-refractivity contribution in [2.75, 3.05) is 0 Å². The largest absolute Gasteiger partial charge is 0.483 e. The summed E-state index contributed by atoms with van der Waals surface area (Å²) in [5.41, 5.74) is 8.26. The fraction of sp³-hybridized carbons (Fsp3) is 0.100. The van der Waals surface area contributed by atoms with Crippen LogP contribution in [0.15, 0.2) is 30.3 Å². The average Bonchev–Trinajstić information content (AvgIpc) is 2.50. The number of hydrogen-bond acceptors (Lipinski definition) is 2. The second-order valence-corrected chi connectivity index (χ2v) is 2.62. The monoisotopic (exact) mass is 177 g/mol. The summed E-state index contributed by atoms with van der Waals surface area (Å²) >= 11 is 0. The van der Waals surface area contributed by atoms with Crippen LogP contribution >= 0.6 is 0 Å². The molecular formula is C10H11NO2. The molecule has 0 aromatic heterocycles. The maximum atomic E-state index is 8.36. The number of carboxylic acid groups (broad SMARTS) is 1. The Bertz CT molecular complexity index is 320. The predicted molar refractivity (Wildman–Crippen MR) is 51.1 cm³/mol. The lowest BCUT2D eigenvalue weighted by atomic mass is 10.1. The summed E-state index contributed by atoms with van der Waals surface area (Å²) in [4.78, 5) is 8.36. The predicted octanol–water partition coefficient (Wildman–Crippen LogP) is 1.41. The number of rotatable bonds is 0. The third-order valence-electron chi connectivity index (χ3n) is 1.84. The highest BCUT2D eigenvalue weighted by Gasteiger charge is 2.10. The molecule has 0 spiro atoms. The Morgan fingerprint density at radius 3 is 2.62 bits per heavy atom. The van der Waals surface area contributed by atoms with E-state index in [1.54, 1.807) is 0 Å². The van der Waals surface area contributed by atoms with Crippen LogP contribution in [0.2, 0.25) is 0 Å². The molecule has 13 heavy (non-hydrogen) atoms. The molecule has 68 valence electrons. The lowest BCUT2D eigenvalue weighted by Crippen LogP contribution is -2.03. The van der Waals surface area contributed by atoms with Gasteiger partial charge in [0.15, 0.2) is 0 Å². The number of nitrogens with two attached hydrogens (primary N) is 1. The maximum Gasteiger partial charge on any atom is 0.290 e. The Hall–Kier alpha value is -1.61. The van der Waals surface area contributed by atoms with Crippen molar-refractivity contribution in [3.8, 4) is 0 Å². The smallest absolute Gasteiger partial charge is 0.290 e. The van der Waals surface area contributed by atoms with E-state index in [0.717, 1.165) is 0 Å². The van der Waals surface area contributed by atoms with Crippen LogP contribution in [0.1, 0.15) is 17.2 Å². The Balaban J connectivity index is 0.000000251. The molecule has 0 bridgehead atoms. The molecule has 2 rings (SSSR count). The van der Waals surface area contributed by atoms with Gasteiger partial charge in [0.1, 0.15) is 0 Å². The van der Waals surface area contributed by atoms with E-state index in [0.29, 0.717) is 0 Å². The summed E-state index contributed by atoms with van der Waals surface area (Å²) in [6, 6.07) is 8.32. The normalized spacial score (nSPS) is 17.2. The minimum absolute atomic E-state index is 0.121. The SMILES string of the molecule is NC1C=Cc2ccccc21.O=CO. The van der Waals surface area contributed by atoms with Crippen molar-refractivity contribution in [3.63, 3.8) is 0 Å². The molecule has 3 heteroatoms. The van der Waals surface area contributed by atoms with E-state index in [2.05, 4.69) is 18.2 Å². The van der Waals surface area contributed by atoms with Crippen molar-refractivity contribution in [1.82, 2.24) is 0 Å². The molecule has 1 aliphatic rings. The van der Waals surface area contributed by atoms with Crippen LogP contribution in [-0.2, 0) is 4.79 Å². The second-order valence-electron chi connectivity index (χ2n) is 2.62. The van der Waals surface area contributed by atoms with Gasteiger partial charge in [0.2, 0.25) is 0 Å². The van der Waals surface area contributed by atoms with Gasteiger partial charge in [-0.15, -0.1) is 0 Å². The Morgan fingerprint density at radius 1 is 1.38 bits per heavy atom. The lowest BCUT2D eigenvalue weighted by Gasteiger charge is -2.01. The van der Waals surface area contributed by atoms with Crippen LogP contribution in [0, 0.1) is 0 Å².